The lowest BCUT2D eigenvalue weighted by Crippen LogP contribution is -2.12. The molecule has 0 aromatic heterocycles. The molecule has 3 aliphatic heterocycles. The molecule has 1 fully saturated rings. The van der Waals surface area contributed by atoms with Crippen LogP contribution >= 0.6 is 23.2 Å². The number of rotatable bonds is 3. The Balaban J connectivity index is 1.50. The summed E-state index contributed by atoms with van der Waals surface area (Å²) in [7, 11) is 0. The van der Waals surface area contributed by atoms with E-state index < -0.39 is 17.3 Å². The van der Waals surface area contributed by atoms with Crippen LogP contribution in [0.1, 0.15) is 16.5 Å². The summed E-state index contributed by atoms with van der Waals surface area (Å²) < 4.78 is 26.7. The van der Waals surface area contributed by atoms with Crippen molar-refractivity contribution in [1.82, 2.24) is 0 Å². The number of hydrogen-bond acceptors (Lipinski definition) is 6. The van der Waals surface area contributed by atoms with E-state index in [0.717, 1.165) is 5.56 Å². The summed E-state index contributed by atoms with van der Waals surface area (Å²) in [6.07, 6.45) is 0. The van der Waals surface area contributed by atoms with Crippen molar-refractivity contribution < 1.29 is 28.5 Å². The monoisotopic (exact) mass is 420 g/mol. The van der Waals surface area contributed by atoms with E-state index in [4.69, 9.17) is 46.9 Å². The molecule has 28 heavy (non-hydrogen) atoms. The van der Waals surface area contributed by atoms with E-state index in [1.165, 1.54) is 0 Å². The van der Waals surface area contributed by atoms with Crippen molar-refractivity contribution in [3.05, 3.63) is 53.1 Å². The van der Waals surface area contributed by atoms with E-state index in [-0.39, 0.29) is 25.2 Å². The summed E-state index contributed by atoms with van der Waals surface area (Å²) in [5, 5.41) is -0.240. The van der Waals surface area contributed by atoms with Crippen molar-refractivity contribution in [3.8, 4) is 23.0 Å². The number of benzene rings is 2. The van der Waals surface area contributed by atoms with Gasteiger partial charge in [-0.15, -0.1) is 11.6 Å². The first-order chi connectivity index (χ1) is 13.6. The Morgan fingerprint density at radius 2 is 1.54 bits per heavy atom. The molecule has 5 rings (SSSR count). The summed E-state index contributed by atoms with van der Waals surface area (Å²) in [6.45, 7) is 0.487. The van der Waals surface area contributed by atoms with Gasteiger partial charge < -0.3 is 23.7 Å². The second-order valence-corrected chi connectivity index (χ2v) is 7.36. The fourth-order valence-corrected chi connectivity index (χ4v) is 4.14. The molecule has 6 nitrogen and oxygen atoms in total. The number of fused-ring (bicyclic) bond motifs is 2. The zero-order valence-electron chi connectivity index (χ0n) is 14.4. The van der Waals surface area contributed by atoms with E-state index in [1.807, 2.05) is 12.1 Å². The molecule has 0 spiro atoms. The van der Waals surface area contributed by atoms with Crippen LogP contribution in [0.5, 0.6) is 23.0 Å². The van der Waals surface area contributed by atoms with Crippen LogP contribution in [-0.4, -0.2) is 26.2 Å². The molecule has 2 aromatic carbocycles. The van der Waals surface area contributed by atoms with Crippen LogP contribution in [0.4, 0.5) is 0 Å². The molecule has 8 heteroatoms. The highest BCUT2D eigenvalue weighted by molar-refractivity contribution is 6.51. The Kier molecular flexibility index (Phi) is 4.25. The molecule has 2 atom stereocenters. The van der Waals surface area contributed by atoms with Crippen molar-refractivity contribution in [3.63, 3.8) is 0 Å². The molecule has 2 aromatic rings. The van der Waals surface area contributed by atoms with Crippen molar-refractivity contribution >= 4 is 34.2 Å². The minimum absolute atomic E-state index is 0.150. The number of ether oxygens (including phenoxy) is 5. The topological polar surface area (TPSA) is 63.2 Å². The van der Waals surface area contributed by atoms with Crippen LogP contribution in [-0.2, 0) is 9.53 Å². The van der Waals surface area contributed by atoms with Crippen LogP contribution in [0.25, 0.3) is 5.03 Å². The van der Waals surface area contributed by atoms with Crippen molar-refractivity contribution in [2.24, 2.45) is 5.92 Å². The van der Waals surface area contributed by atoms with Gasteiger partial charge >= 0.3 is 5.97 Å². The third-order valence-electron chi connectivity index (χ3n) is 4.92. The Morgan fingerprint density at radius 3 is 2.29 bits per heavy atom. The SMILES string of the molecule is O=C1OCC(C(Cl)c2ccc3c(c2)OCO3)/C1=C(\Cl)c1ccc2c(c1)OCO2. The number of carbonyl (C=O) groups is 1. The average Bonchev–Trinajstić information content (AvgIpc) is 3.44. The summed E-state index contributed by atoms with van der Waals surface area (Å²) in [6, 6.07) is 10.7. The number of halogens is 2. The summed E-state index contributed by atoms with van der Waals surface area (Å²) in [4.78, 5) is 12.4. The highest BCUT2D eigenvalue weighted by atomic mass is 35.5. The zero-order valence-corrected chi connectivity index (χ0v) is 16.0. The molecule has 0 amide bonds. The molecule has 3 heterocycles. The lowest BCUT2D eigenvalue weighted by molar-refractivity contribution is -0.135. The maximum Gasteiger partial charge on any atom is 0.336 e. The standard InChI is InChI=1S/C20H14Cl2O6/c21-18(10-1-3-13-15(5-10)27-8-25-13)12-7-24-20(23)17(12)19(22)11-2-4-14-16(6-11)28-9-26-14/h1-6,12,18H,7-9H2/b19-17+. The highest BCUT2D eigenvalue weighted by Crippen LogP contribution is 2.45. The summed E-state index contributed by atoms with van der Waals surface area (Å²) in [5.41, 5.74) is 1.78. The molecule has 0 saturated carbocycles. The second-order valence-electron chi connectivity index (χ2n) is 6.52. The van der Waals surface area contributed by atoms with Gasteiger partial charge in [0.2, 0.25) is 13.6 Å². The number of alkyl halides is 1. The molecule has 0 radical (unpaired) electrons. The van der Waals surface area contributed by atoms with Gasteiger partial charge in [-0.2, -0.15) is 0 Å². The third-order valence-corrected chi connectivity index (χ3v) is 5.89. The van der Waals surface area contributed by atoms with Gasteiger partial charge in [0.05, 0.1) is 16.0 Å². The fourth-order valence-electron chi connectivity index (χ4n) is 3.47. The zero-order chi connectivity index (χ0) is 19.3. The van der Waals surface area contributed by atoms with Crippen LogP contribution < -0.4 is 18.9 Å². The first-order valence-electron chi connectivity index (χ1n) is 8.62. The van der Waals surface area contributed by atoms with Gasteiger partial charge in [-0.25, -0.2) is 4.79 Å². The van der Waals surface area contributed by atoms with E-state index in [9.17, 15) is 4.79 Å². The quantitative estimate of drug-likeness (QED) is 0.420. The minimum Gasteiger partial charge on any atom is -0.462 e. The minimum atomic E-state index is -0.529. The van der Waals surface area contributed by atoms with E-state index >= 15 is 0 Å². The first kappa shape index (κ1) is 17.5. The van der Waals surface area contributed by atoms with Crippen LogP contribution in [0.2, 0.25) is 0 Å². The molecule has 1 saturated heterocycles. The van der Waals surface area contributed by atoms with Crippen LogP contribution in [0.15, 0.2) is 42.0 Å². The molecular formula is C20H14Cl2O6. The normalized spacial score (nSPS) is 22.2. The maximum absolute atomic E-state index is 12.4. The Hall–Kier alpha value is -2.57. The predicted octanol–water partition coefficient (Wildman–Crippen LogP) is 4.25. The second kappa shape index (κ2) is 6.79. The number of hydrogen-bond donors (Lipinski definition) is 0. The van der Waals surface area contributed by atoms with Gasteiger partial charge in [0.25, 0.3) is 0 Å². The average molecular weight is 421 g/mol. The van der Waals surface area contributed by atoms with Gasteiger partial charge in [0.1, 0.15) is 6.61 Å². The number of esters is 1. The van der Waals surface area contributed by atoms with Crippen molar-refractivity contribution in [2.75, 3.05) is 20.2 Å². The van der Waals surface area contributed by atoms with Gasteiger partial charge in [0, 0.05) is 5.92 Å². The van der Waals surface area contributed by atoms with Crippen LogP contribution in [0, 0.1) is 5.92 Å². The molecule has 2 unspecified atom stereocenters. The fraction of sp³-hybridized carbons (Fsp3) is 0.250. The van der Waals surface area contributed by atoms with Crippen LogP contribution in [0.3, 0.4) is 0 Å². The van der Waals surface area contributed by atoms with Gasteiger partial charge in [0.15, 0.2) is 23.0 Å². The Morgan fingerprint density at radius 1 is 0.893 bits per heavy atom. The maximum atomic E-state index is 12.4. The number of carbonyl (C=O) groups excluding carboxylic acids is 1. The van der Waals surface area contributed by atoms with Crippen molar-refractivity contribution in [1.29, 1.82) is 0 Å². The first-order valence-corrected chi connectivity index (χ1v) is 9.43. The molecule has 0 aliphatic carbocycles. The Bertz CT molecular complexity index is 1000. The molecule has 0 N–H and O–H groups in total. The van der Waals surface area contributed by atoms with E-state index in [1.54, 1.807) is 24.3 Å². The summed E-state index contributed by atoms with van der Waals surface area (Å²) >= 11 is 13.3. The molecular weight excluding hydrogens is 407 g/mol. The van der Waals surface area contributed by atoms with E-state index in [0.29, 0.717) is 34.1 Å². The predicted molar refractivity (Wildman–Crippen MR) is 101 cm³/mol. The van der Waals surface area contributed by atoms with Gasteiger partial charge in [-0.3, -0.25) is 0 Å². The molecule has 3 aliphatic rings. The molecule has 144 valence electrons. The van der Waals surface area contributed by atoms with Crippen molar-refractivity contribution in [2.45, 2.75) is 5.38 Å². The number of cyclic esters (lactones) is 1. The summed E-state index contributed by atoms with van der Waals surface area (Å²) in [5.74, 6) is 1.63. The van der Waals surface area contributed by atoms with E-state index in [2.05, 4.69) is 0 Å². The Labute approximate surface area is 170 Å². The lowest BCUT2D eigenvalue weighted by Gasteiger charge is -2.18. The largest absolute Gasteiger partial charge is 0.462 e. The van der Waals surface area contributed by atoms with Gasteiger partial charge in [-0.1, -0.05) is 17.7 Å². The third kappa shape index (κ3) is 2.84. The smallest absolute Gasteiger partial charge is 0.336 e. The van der Waals surface area contributed by atoms with Gasteiger partial charge in [-0.05, 0) is 41.5 Å². The molecule has 0 bridgehead atoms. The highest BCUT2D eigenvalue weighted by Gasteiger charge is 2.39. The lowest BCUT2D eigenvalue weighted by atomic mass is 9.91.